The molecule has 6 aliphatic rings. The van der Waals surface area contributed by atoms with Crippen molar-refractivity contribution in [3.8, 4) is 6.07 Å². The van der Waals surface area contributed by atoms with Crippen molar-refractivity contribution in [3.05, 3.63) is 23.8 Å². The van der Waals surface area contributed by atoms with Gasteiger partial charge in [-0.1, -0.05) is 26.8 Å². The molecule has 0 amide bonds. The Labute approximate surface area is 193 Å². The third-order valence-corrected chi connectivity index (χ3v) is 10.2. The average Bonchev–Trinajstić information content (AvgIpc) is 3.39. The van der Waals surface area contributed by atoms with Crippen molar-refractivity contribution in [1.82, 2.24) is 0 Å². The lowest BCUT2D eigenvalue weighted by Crippen LogP contribution is -2.65. The Bertz CT molecular complexity index is 983. The summed E-state index contributed by atoms with van der Waals surface area (Å²) in [5.74, 6) is 0.191. The van der Waals surface area contributed by atoms with E-state index in [1.54, 1.807) is 12.2 Å². The molecule has 3 saturated carbocycles. The van der Waals surface area contributed by atoms with Gasteiger partial charge >= 0.3 is 0 Å². The van der Waals surface area contributed by atoms with Gasteiger partial charge < -0.3 is 19.3 Å². The van der Waals surface area contributed by atoms with E-state index in [0.717, 1.165) is 12.0 Å². The Kier molecular flexibility index (Phi) is 4.30. The van der Waals surface area contributed by atoms with Gasteiger partial charge in [-0.3, -0.25) is 4.79 Å². The molecule has 0 spiro atoms. The van der Waals surface area contributed by atoms with Crippen LogP contribution in [0.25, 0.3) is 0 Å². The summed E-state index contributed by atoms with van der Waals surface area (Å²) in [6, 6.07) is 2.42. The number of rotatable bonds is 2. The highest BCUT2D eigenvalue weighted by atomic mass is 35.5. The number of epoxide rings is 1. The Morgan fingerprint density at radius 1 is 1.34 bits per heavy atom. The van der Waals surface area contributed by atoms with Gasteiger partial charge in [-0.25, -0.2) is 0 Å². The Morgan fingerprint density at radius 2 is 2.09 bits per heavy atom. The number of fused-ring (bicyclic) bond motifs is 7. The molecule has 2 saturated heterocycles. The molecular weight excluding hydrogens is 430 g/mol. The number of allylic oxidation sites excluding steroid dienone is 4. The zero-order valence-corrected chi connectivity index (χ0v) is 19.5. The lowest BCUT2D eigenvalue weighted by atomic mass is 9.45. The first-order valence-corrected chi connectivity index (χ1v) is 12.3. The standard InChI is InChI=1S/C25H30ClNO5/c1-4-20-31-19-9-15-14-8-17(26)16-7-13(28)5-6-22(16,2)21(14)18(29)10-23(15,3)25(19,32-20)24(11-27)12-30-24/h5-7,14-15,17-21,29H,4,8-10,12H2,1-3H3/t14-,15-,17-,18-,19+,20?,21+,22-,23-,24?,25+/m0/s1. The van der Waals surface area contributed by atoms with Crippen LogP contribution in [0.4, 0.5) is 0 Å². The summed E-state index contributed by atoms with van der Waals surface area (Å²) in [6.45, 7) is 6.62. The van der Waals surface area contributed by atoms with E-state index < -0.39 is 28.1 Å². The molecule has 0 bridgehead atoms. The first-order chi connectivity index (χ1) is 15.2. The van der Waals surface area contributed by atoms with Crippen molar-refractivity contribution in [2.24, 2.45) is 28.6 Å². The number of halogens is 1. The molecule has 6 rings (SSSR count). The largest absolute Gasteiger partial charge is 0.393 e. The van der Waals surface area contributed by atoms with E-state index in [0.29, 0.717) is 25.9 Å². The molecule has 5 fully saturated rings. The molecule has 4 aliphatic carbocycles. The lowest BCUT2D eigenvalue weighted by Gasteiger charge is -2.61. The fraction of sp³-hybridized carbons (Fsp3) is 0.760. The van der Waals surface area contributed by atoms with Gasteiger partial charge in [0.1, 0.15) is 11.7 Å². The van der Waals surface area contributed by atoms with Crippen LogP contribution in [0.1, 0.15) is 46.5 Å². The molecule has 7 heteroatoms. The smallest absolute Gasteiger partial charge is 0.209 e. The quantitative estimate of drug-likeness (QED) is 0.503. The maximum Gasteiger partial charge on any atom is 0.209 e. The molecule has 0 aromatic carbocycles. The van der Waals surface area contributed by atoms with Gasteiger partial charge in [-0.15, -0.1) is 11.6 Å². The molecule has 0 aromatic heterocycles. The minimum atomic E-state index is -1.03. The lowest BCUT2D eigenvalue weighted by molar-refractivity contribution is -0.209. The molecule has 11 atom stereocenters. The van der Waals surface area contributed by atoms with E-state index in [9.17, 15) is 15.2 Å². The van der Waals surface area contributed by atoms with E-state index >= 15 is 0 Å². The van der Waals surface area contributed by atoms with Gasteiger partial charge in [-0.2, -0.15) is 5.26 Å². The van der Waals surface area contributed by atoms with E-state index in [4.69, 9.17) is 25.8 Å². The predicted octanol–water partition coefficient (Wildman–Crippen LogP) is 3.28. The van der Waals surface area contributed by atoms with Crippen molar-refractivity contribution in [2.45, 2.75) is 81.5 Å². The molecule has 172 valence electrons. The minimum Gasteiger partial charge on any atom is -0.393 e. The van der Waals surface area contributed by atoms with Crippen LogP contribution in [-0.4, -0.2) is 52.6 Å². The molecule has 2 aliphatic heterocycles. The number of nitriles is 1. The van der Waals surface area contributed by atoms with Gasteiger partial charge in [0.15, 0.2) is 12.1 Å². The third-order valence-electron chi connectivity index (χ3n) is 9.82. The second kappa shape index (κ2) is 6.46. The highest BCUT2D eigenvalue weighted by Gasteiger charge is 2.83. The maximum atomic E-state index is 12.1. The molecular formula is C25H30ClNO5. The van der Waals surface area contributed by atoms with Crippen LogP contribution in [0, 0.1) is 39.9 Å². The first-order valence-electron chi connectivity index (χ1n) is 11.8. The van der Waals surface area contributed by atoms with Gasteiger partial charge in [0.2, 0.25) is 5.60 Å². The van der Waals surface area contributed by atoms with Crippen LogP contribution in [-0.2, 0) is 19.0 Å². The Hall–Kier alpha value is -1.23. The molecule has 0 radical (unpaired) electrons. The number of nitrogens with zero attached hydrogens (tertiary/aromatic N) is 1. The average molecular weight is 460 g/mol. The fourth-order valence-corrected chi connectivity index (χ4v) is 9.02. The number of ketones is 1. The Morgan fingerprint density at radius 3 is 2.75 bits per heavy atom. The van der Waals surface area contributed by atoms with Crippen molar-refractivity contribution < 1.29 is 24.1 Å². The molecule has 6 nitrogen and oxygen atoms in total. The minimum absolute atomic E-state index is 0.0414. The van der Waals surface area contributed by atoms with Crippen LogP contribution in [0.2, 0.25) is 0 Å². The predicted molar refractivity (Wildman–Crippen MR) is 115 cm³/mol. The second-order valence-electron chi connectivity index (χ2n) is 11.1. The van der Waals surface area contributed by atoms with Crippen molar-refractivity contribution >= 4 is 17.4 Å². The van der Waals surface area contributed by atoms with E-state index in [1.165, 1.54) is 0 Å². The molecule has 2 unspecified atom stereocenters. The zero-order chi connectivity index (χ0) is 22.7. The molecule has 32 heavy (non-hydrogen) atoms. The van der Waals surface area contributed by atoms with Crippen LogP contribution in [0.15, 0.2) is 23.8 Å². The van der Waals surface area contributed by atoms with Crippen LogP contribution < -0.4 is 0 Å². The van der Waals surface area contributed by atoms with Gasteiger partial charge in [0, 0.05) is 16.7 Å². The number of aliphatic hydroxyl groups excluding tert-OH is 1. The number of ether oxygens (including phenoxy) is 3. The summed E-state index contributed by atoms with van der Waals surface area (Å²) < 4.78 is 18.8. The number of carbonyl (C=O) groups is 1. The maximum absolute atomic E-state index is 12.1. The summed E-state index contributed by atoms with van der Waals surface area (Å²) in [5, 5.41) is 21.6. The summed E-state index contributed by atoms with van der Waals surface area (Å²) in [6.07, 6.45) is 6.64. The summed E-state index contributed by atoms with van der Waals surface area (Å²) in [7, 11) is 0. The molecule has 1 N–H and O–H groups in total. The van der Waals surface area contributed by atoms with Crippen LogP contribution in [0.3, 0.4) is 0 Å². The second-order valence-corrected chi connectivity index (χ2v) is 11.6. The van der Waals surface area contributed by atoms with E-state index in [1.807, 2.05) is 13.0 Å². The number of alkyl halides is 1. The zero-order valence-electron chi connectivity index (χ0n) is 18.7. The number of hydrogen-bond acceptors (Lipinski definition) is 6. The summed E-state index contributed by atoms with van der Waals surface area (Å²) in [5.41, 5.74) is -1.97. The fourth-order valence-electron chi connectivity index (χ4n) is 8.52. The van der Waals surface area contributed by atoms with E-state index in [-0.39, 0.29) is 41.3 Å². The van der Waals surface area contributed by atoms with Gasteiger partial charge in [0.25, 0.3) is 0 Å². The first kappa shape index (κ1) is 21.3. The summed E-state index contributed by atoms with van der Waals surface area (Å²) >= 11 is 6.90. The van der Waals surface area contributed by atoms with E-state index in [2.05, 4.69) is 19.9 Å². The Balaban J connectivity index is 1.46. The number of carbonyl (C=O) groups excluding carboxylic acids is 1. The van der Waals surface area contributed by atoms with Crippen molar-refractivity contribution in [1.29, 1.82) is 5.26 Å². The normalized spacial score (nSPS) is 57.7. The summed E-state index contributed by atoms with van der Waals surface area (Å²) in [4.78, 5) is 12.1. The highest BCUT2D eigenvalue weighted by molar-refractivity contribution is 6.23. The van der Waals surface area contributed by atoms with Crippen molar-refractivity contribution in [2.75, 3.05) is 6.61 Å². The highest BCUT2D eigenvalue weighted by Crippen LogP contribution is 2.73. The SMILES string of the molecule is CCC1O[C@@H]2C[C@H]3[C@@H]4C[C@H](Cl)C5=CC(=O)C=C[C@]5(C)[C@H]4[C@@H](O)C[C@]3(C)[C@]2(C2(C#N)CO2)O1. The number of hydrogen-bond donors (Lipinski definition) is 1. The van der Waals surface area contributed by atoms with Crippen molar-refractivity contribution in [3.63, 3.8) is 0 Å². The molecule has 2 heterocycles. The van der Waals surface area contributed by atoms with Crippen LogP contribution in [0.5, 0.6) is 0 Å². The monoisotopic (exact) mass is 459 g/mol. The topological polar surface area (TPSA) is 92.1 Å². The van der Waals surface area contributed by atoms with Gasteiger partial charge in [0.05, 0.1) is 24.2 Å². The molecule has 0 aromatic rings. The van der Waals surface area contributed by atoms with Gasteiger partial charge in [-0.05, 0) is 55.2 Å². The number of aliphatic hydroxyl groups is 1. The van der Waals surface area contributed by atoms with Crippen LogP contribution >= 0.6 is 11.6 Å². The third kappa shape index (κ3) is 2.27.